The molecule has 0 aliphatic carbocycles. The predicted molar refractivity (Wildman–Crippen MR) is 64.9 cm³/mol. The van der Waals surface area contributed by atoms with Gasteiger partial charge in [0.05, 0.1) is 0 Å². The Morgan fingerprint density at radius 2 is 1.80 bits per heavy atom. The molecule has 90 valence electrons. The number of carbonyl (C=O) groups is 1. The maximum Gasteiger partial charge on any atom is 0.221 e. The molecule has 0 rings (SSSR count). The SMILES string of the molecule is CCC(C)(CC)NC(=O)CCNC(C)C. The van der Waals surface area contributed by atoms with Crippen molar-refractivity contribution >= 4 is 5.91 Å². The van der Waals surface area contributed by atoms with Crippen molar-refractivity contribution in [2.75, 3.05) is 6.54 Å². The van der Waals surface area contributed by atoms with Gasteiger partial charge in [-0.25, -0.2) is 0 Å². The molecule has 0 aliphatic heterocycles. The quantitative estimate of drug-likeness (QED) is 0.681. The summed E-state index contributed by atoms with van der Waals surface area (Å²) in [5, 5.41) is 6.32. The number of amides is 1. The average molecular weight is 214 g/mol. The second-order valence-electron chi connectivity index (χ2n) is 4.67. The highest BCUT2D eigenvalue weighted by Gasteiger charge is 2.21. The van der Waals surface area contributed by atoms with Gasteiger partial charge in [0.2, 0.25) is 5.91 Å². The zero-order valence-electron chi connectivity index (χ0n) is 10.8. The van der Waals surface area contributed by atoms with E-state index in [9.17, 15) is 4.79 Å². The zero-order chi connectivity index (χ0) is 11.9. The second kappa shape index (κ2) is 6.83. The number of hydrogen-bond donors (Lipinski definition) is 2. The van der Waals surface area contributed by atoms with Crippen molar-refractivity contribution in [1.82, 2.24) is 10.6 Å². The normalized spacial score (nSPS) is 11.9. The largest absolute Gasteiger partial charge is 0.351 e. The smallest absolute Gasteiger partial charge is 0.221 e. The van der Waals surface area contributed by atoms with Crippen LogP contribution < -0.4 is 10.6 Å². The van der Waals surface area contributed by atoms with Crippen LogP contribution in [0.5, 0.6) is 0 Å². The van der Waals surface area contributed by atoms with Gasteiger partial charge in [-0.1, -0.05) is 27.7 Å². The Hall–Kier alpha value is -0.570. The van der Waals surface area contributed by atoms with E-state index in [4.69, 9.17) is 0 Å². The van der Waals surface area contributed by atoms with E-state index in [1.54, 1.807) is 0 Å². The van der Waals surface area contributed by atoms with Crippen LogP contribution in [0.25, 0.3) is 0 Å². The lowest BCUT2D eigenvalue weighted by atomic mass is 9.95. The van der Waals surface area contributed by atoms with Crippen LogP contribution in [0.3, 0.4) is 0 Å². The molecule has 0 aromatic carbocycles. The molecule has 1 amide bonds. The molecule has 0 unspecified atom stereocenters. The Balaban J connectivity index is 3.82. The van der Waals surface area contributed by atoms with Crippen molar-refractivity contribution in [3.05, 3.63) is 0 Å². The standard InChI is InChI=1S/C12H26N2O/c1-6-12(5,7-2)14-11(15)8-9-13-10(3)4/h10,13H,6-9H2,1-5H3,(H,14,15). The summed E-state index contributed by atoms with van der Waals surface area (Å²) in [5.41, 5.74) is -0.0328. The maximum atomic E-state index is 11.6. The molecule has 0 aromatic rings. The van der Waals surface area contributed by atoms with E-state index in [1.165, 1.54) is 0 Å². The van der Waals surface area contributed by atoms with Gasteiger partial charge >= 0.3 is 0 Å². The van der Waals surface area contributed by atoms with Crippen LogP contribution in [0.4, 0.5) is 0 Å². The van der Waals surface area contributed by atoms with Gasteiger partial charge in [-0.3, -0.25) is 4.79 Å². The molecule has 0 radical (unpaired) electrons. The number of carbonyl (C=O) groups excluding carboxylic acids is 1. The number of nitrogens with one attached hydrogen (secondary N) is 2. The van der Waals surface area contributed by atoms with E-state index < -0.39 is 0 Å². The van der Waals surface area contributed by atoms with Gasteiger partial charge < -0.3 is 10.6 Å². The fourth-order valence-corrected chi connectivity index (χ4v) is 1.30. The van der Waals surface area contributed by atoms with Crippen molar-refractivity contribution in [3.8, 4) is 0 Å². The average Bonchev–Trinajstić information content (AvgIpc) is 2.17. The topological polar surface area (TPSA) is 41.1 Å². The monoisotopic (exact) mass is 214 g/mol. The first kappa shape index (κ1) is 14.4. The van der Waals surface area contributed by atoms with Gasteiger partial charge in [-0.2, -0.15) is 0 Å². The van der Waals surface area contributed by atoms with Crippen LogP contribution >= 0.6 is 0 Å². The van der Waals surface area contributed by atoms with Crippen LogP contribution in [0.1, 0.15) is 53.9 Å². The molecular weight excluding hydrogens is 188 g/mol. The summed E-state index contributed by atoms with van der Waals surface area (Å²) < 4.78 is 0. The Morgan fingerprint density at radius 1 is 1.27 bits per heavy atom. The number of rotatable bonds is 7. The van der Waals surface area contributed by atoms with Gasteiger partial charge in [-0.15, -0.1) is 0 Å². The van der Waals surface area contributed by atoms with E-state index in [2.05, 4.69) is 45.3 Å². The fourth-order valence-electron chi connectivity index (χ4n) is 1.30. The van der Waals surface area contributed by atoms with Gasteiger partial charge in [-0.05, 0) is 19.8 Å². The lowest BCUT2D eigenvalue weighted by molar-refractivity contribution is -0.122. The Morgan fingerprint density at radius 3 is 2.20 bits per heavy atom. The fraction of sp³-hybridized carbons (Fsp3) is 0.917. The summed E-state index contributed by atoms with van der Waals surface area (Å²) in [7, 11) is 0. The highest BCUT2D eigenvalue weighted by molar-refractivity contribution is 5.76. The van der Waals surface area contributed by atoms with Crippen molar-refractivity contribution < 1.29 is 4.79 Å². The summed E-state index contributed by atoms with van der Waals surface area (Å²) in [6.07, 6.45) is 2.52. The molecule has 0 saturated heterocycles. The van der Waals surface area contributed by atoms with Crippen molar-refractivity contribution in [2.45, 2.75) is 65.5 Å². The molecule has 0 spiro atoms. The third-order valence-electron chi connectivity index (χ3n) is 2.91. The lowest BCUT2D eigenvalue weighted by Crippen LogP contribution is -2.45. The molecular formula is C12H26N2O. The van der Waals surface area contributed by atoms with E-state index in [0.717, 1.165) is 19.4 Å². The summed E-state index contributed by atoms with van der Waals surface area (Å²) in [4.78, 5) is 11.6. The summed E-state index contributed by atoms with van der Waals surface area (Å²) in [6.45, 7) is 11.2. The highest BCUT2D eigenvalue weighted by atomic mass is 16.1. The predicted octanol–water partition coefficient (Wildman–Crippen LogP) is 2.07. The van der Waals surface area contributed by atoms with E-state index in [0.29, 0.717) is 12.5 Å². The van der Waals surface area contributed by atoms with Crippen molar-refractivity contribution in [2.24, 2.45) is 0 Å². The Kier molecular flexibility index (Phi) is 6.57. The molecule has 3 nitrogen and oxygen atoms in total. The van der Waals surface area contributed by atoms with Crippen LogP contribution in [0.15, 0.2) is 0 Å². The second-order valence-corrected chi connectivity index (χ2v) is 4.67. The molecule has 0 fully saturated rings. The molecule has 2 N–H and O–H groups in total. The van der Waals surface area contributed by atoms with Crippen LogP contribution in [0, 0.1) is 0 Å². The molecule has 0 aromatic heterocycles. The summed E-state index contributed by atoms with van der Waals surface area (Å²) >= 11 is 0. The third-order valence-corrected chi connectivity index (χ3v) is 2.91. The molecule has 0 bridgehead atoms. The molecule has 0 heterocycles. The first-order valence-corrected chi connectivity index (χ1v) is 5.98. The lowest BCUT2D eigenvalue weighted by Gasteiger charge is -2.28. The Bertz CT molecular complexity index is 186. The molecule has 0 aliphatic rings. The minimum atomic E-state index is -0.0328. The van der Waals surface area contributed by atoms with Crippen LogP contribution in [-0.2, 0) is 4.79 Å². The van der Waals surface area contributed by atoms with E-state index in [1.807, 2.05) is 0 Å². The minimum Gasteiger partial charge on any atom is -0.351 e. The van der Waals surface area contributed by atoms with Gasteiger partial charge in [0, 0.05) is 24.5 Å². The molecule has 0 atom stereocenters. The van der Waals surface area contributed by atoms with Crippen LogP contribution in [-0.4, -0.2) is 24.0 Å². The highest BCUT2D eigenvalue weighted by Crippen LogP contribution is 2.13. The van der Waals surface area contributed by atoms with E-state index >= 15 is 0 Å². The molecule has 3 heteroatoms. The Labute approximate surface area is 94.0 Å². The van der Waals surface area contributed by atoms with Gasteiger partial charge in [0.25, 0.3) is 0 Å². The number of hydrogen-bond acceptors (Lipinski definition) is 2. The summed E-state index contributed by atoms with van der Waals surface area (Å²) in [6, 6.07) is 0.446. The van der Waals surface area contributed by atoms with E-state index in [-0.39, 0.29) is 11.4 Å². The van der Waals surface area contributed by atoms with Crippen molar-refractivity contribution in [3.63, 3.8) is 0 Å². The maximum absolute atomic E-state index is 11.6. The minimum absolute atomic E-state index is 0.0328. The molecule has 0 saturated carbocycles. The first-order valence-electron chi connectivity index (χ1n) is 5.98. The first-order chi connectivity index (χ1) is 6.93. The van der Waals surface area contributed by atoms with Crippen LogP contribution in [0.2, 0.25) is 0 Å². The van der Waals surface area contributed by atoms with Crippen molar-refractivity contribution in [1.29, 1.82) is 0 Å². The summed E-state index contributed by atoms with van der Waals surface area (Å²) in [5.74, 6) is 0.148. The van der Waals surface area contributed by atoms with Gasteiger partial charge in [0.15, 0.2) is 0 Å². The third kappa shape index (κ3) is 6.50. The van der Waals surface area contributed by atoms with Gasteiger partial charge in [0.1, 0.15) is 0 Å². The zero-order valence-corrected chi connectivity index (χ0v) is 10.8. The molecule has 15 heavy (non-hydrogen) atoms.